The van der Waals surface area contributed by atoms with E-state index < -0.39 is 26.8 Å². The SMILES string of the molecule is CCCCC1CCC(CCCCCC[Si](OCC)(OCC)OCC)C(CCS(=S)CCC[Si](OCC)(OCC)OCC)C1.CCO[Si](=O)OCC. The molecular weight excluding hydrogens is 737 g/mol. The summed E-state index contributed by atoms with van der Waals surface area (Å²) in [4.78, 5) is 0. The van der Waals surface area contributed by atoms with Gasteiger partial charge in [-0.3, -0.25) is 4.46 Å². The molecule has 0 saturated heterocycles. The Bertz CT molecular complexity index is 805. The van der Waals surface area contributed by atoms with Crippen LogP contribution in [0.1, 0.15) is 146 Å². The van der Waals surface area contributed by atoms with Gasteiger partial charge in [0.1, 0.15) is 0 Å². The lowest BCUT2D eigenvalue weighted by atomic mass is 9.70. The molecule has 1 saturated carbocycles. The zero-order chi connectivity index (χ0) is 38.2. The second-order valence-electron chi connectivity index (χ2n) is 13.1. The third-order valence-corrected chi connectivity index (χ3v) is 19.1. The molecule has 1 fully saturated rings. The lowest BCUT2D eigenvalue weighted by Gasteiger charge is -2.37. The first-order valence-electron chi connectivity index (χ1n) is 20.7. The summed E-state index contributed by atoms with van der Waals surface area (Å²) < 4.78 is 55.9. The van der Waals surface area contributed by atoms with Gasteiger partial charge in [-0.05, 0) is 117 Å². The Kier molecular flexibility index (Phi) is 33.9. The lowest BCUT2D eigenvalue weighted by Crippen LogP contribution is -2.46. The minimum absolute atomic E-state index is 0.0332. The Labute approximate surface area is 325 Å². The highest BCUT2D eigenvalue weighted by molar-refractivity contribution is 8.28. The maximum Gasteiger partial charge on any atom is 0.767 e. The van der Waals surface area contributed by atoms with E-state index in [1.165, 1.54) is 76.4 Å². The van der Waals surface area contributed by atoms with Gasteiger partial charge >= 0.3 is 26.8 Å². The van der Waals surface area contributed by atoms with Crippen LogP contribution in [0.25, 0.3) is 0 Å². The predicted octanol–water partition coefficient (Wildman–Crippen LogP) is 9.59. The molecule has 0 amide bonds. The van der Waals surface area contributed by atoms with Crippen LogP contribution in [0.4, 0.5) is 0 Å². The maximum absolute atomic E-state index is 10.4. The summed E-state index contributed by atoms with van der Waals surface area (Å²) >= 11 is 6.04. The highest BCUT2D eigenvalue weighted by atomic mass is 32.8. The Balaban J connectivity index is 0.00000277. The largest absolute Gasteiger partial charge is 0.767 e. The van der Waals surface area contributed by atoms with Crippen LogP contribution in [-0.2, 0) is 60.5 Å². The molecule has 0 aromatic heterocycles. The second kappa shape index (κ2) is 33.7. The summed E-state index contributed by atoms with van der Waals surface area (Å²) in [6.07, 6.45) is 17.2. The van der Waals surface area contributed by atoms with Gasteiger partial charge in [-0.15, -0.1) is 9.45 Å². The van der Waals surface area contributed by atoms with Crippen LogP contribution in [-0.4, -0.2) is 91.1 Å². The minimum atomic E-state index is -2.56. The Morgan fingerprint density at radius 1 is 0.549 bits per heavy atom. The number of unbranched alkanes of at least 4 members (excludes halogenated alkanes) is 4. The normalized spacial score (nSPS) is 18.6. The van der Waals surface area contributed by atoms with Crippen molar-refractivity contribution in [3.8, 4) is 0 Å². The van der Waals surface area contributed by atoms with Gasteiger partial charge in [0.15, 0.2) is 0 Å². The van der Waals surface area contributed by atoms with Crippen LogP contribution in [0.15, 0.2) is 0 Å². The van der Waals surface area contributed by atoms with Gasteiger partial charge in [-0.1, -0.05) is 69.5 Å². The quantitative estimate of drug-likeness (QED) is 0.0471. The monoisotopic (exact) mass is 816 g/mol. The van der Waals surface area contributed by atoms with Gasteiger partial charge in [0.2, 0.25) is 0 Å². The molecule has 0 bridgehead atoms. The van der Waals surface area contributed by atoms with E-state index in [1.807, 2.05) is 41.5 Å². The van der Waals surface area contributed by atoms with Crippen molar-refractivity contribution < 1.29 is 39.9 Å². The van der Waals surface area contributed by atoms with Gasteiger partial charge < -0.3 is 35.4 Å². The van der Waals surface area contributed by atoms with Crippen LogP contribution in [0.5, 0.6) is 0 Å². The molecule has 0 aromatic rings. The Morgan fingerprint density at radius 3 is 1.51 bits per heavy atom. The number of hydrogen-bond acceptors (Lipinski definition) is 10. The molecule has 9 nitrogen and oxygen atoms in total. The van der Waals surface area contributed by atoms with Gasteiger partial charge in [-0.2, -0.15) is 0 Å². The van der Waals surface area contributed by atoms with Crippen molar-refractivity contribution in [3.05, 3.63) is 0 Å². The first-order valence-corrected chi connectivity index (χ1v) is 28.2. The van der Waals surface area contributed by atoms with Crippen molar-refractivity contribution in [1.29, 1.82) is 0 Å². The summed E-state index contributed by atoms with van der Waals surface area (Å²) in [5.74, 6) is 4.94. The van der Waals surface area contributed by atoms with E-state index in [-0.39, 0.29) is 9.45 Å². The molecule has 1 aliphatic rings. The van der Waals surface area contributed by atoms with Crippen LogP contribution < -0.4 is 0 Å². The van der Waals surface area contributed by atoms with Crippen LogP contribution in [0.2, 0.25) is 12.1 Å². The molecule has 0 radical (unpaired) electrons. The lowest BCUT2D eigenvalue weighted by molar-refractivity contribution is 0.0700. The topological polar surface area (TPSA) is 90.9 Å². The molecule has 1 aliphatic carbocycles. The molecule has 306 valence electrons. The first-order chi connectivity index (χ1) is 24.7. The summed E-state index contributed by atoms with van der Waals surface area (Å²) in [7, 11) is -7.17. The van der Waals surface area contributed by atoms with Crippen LogP contribution >= 0.6 is 0 Å². The smallest absolute Gasteiger partial charge is 0.496 e. The first kappa shape index (κ1) is 51.4. The fraction of sp³-hybridized carbons (Fsp3) is 1.00. The van der Waals surface area contributed by atoms with E-state index in [0.29, 0.717) is 52.9 Å². The molecule has 4 unspecified atom stereocenters. The molecule has 14 heteroatoms. The second-order valence-corrected chi connectivity index (χ2v) is 22.8. The molecule has 0 spiro atoms. The van der Waals surface area contributed by atoms with Crippen molar-refractivity contribution in [3.63, 3.8) is 0 Å². The summed E-state index contributed by atoms with van der Waals surface area (Å²) in [5, 5.41) is 0. The van der Waals surface area contributed by atoms with Gasteiger partial charge in [-0.25, -0.2) is 0 Å². The average Bonchev–Trinajstić information content (AvgIpc) is 3.09. The van der Waals surface area contributed by atoms with E-state index in [9.17, 15) is 4.46 Å². The summed E-state index contributed by atoms with van der Waals surface area (Å²) in [6.45, 7) is 22.9. The van der Waals surface area contributed by atoms with E-state index in [4.69, 9.17) is 37.7 Å². The average molecular weight is 817 g/mol. The third-order valence-electron chi connectivity index (χ3n) is 9.30. The zero-order valence-electron chi connectivity index (χ0n) is 34.4. The van der Waals surface area contributed by atoms with E-state index >= 15 is 0 Å². The summed E-state index contributed by atoms with van der Waals surface area (Å²) in [6, 6.07) is 1.83. The van der Waals surface area contributed by atoms with Crippen LogP contribution in [0.3, 0.4) is 0 Å². The highest BCUT2D eigenvalue weighted by Crippen LogP contribution is 2.41. The fourth-order valence-electron chi connectivity index (χ4n) is 7.13. The predicted molar refractivity (Wildman–Crippen MR) is 221 cm³/mol. The van der Waals surface area contributed by atoms with E-state index in [0.717, 1.165) is 48.4 Å². The molecular formula is C37H80O9S2Si3. The number of rotatable bonds is 33. The molecule has 0 aliphatic heterocycles. The van der Waals surface area contributed by atoms with E-state index in [2.05, 4.69) is 15.8 Å². The van der Waals surface area contributed by atoms with Crippen molar-refractivity contribution in [2.24, 2.45) is 17.8 Å². The standard InChI is InChI=1S/C33H70O6S2Si2.C4H10O3Si/c1-8-15-21-31-23-24-32(22-18-16-17-19-28-42(34-9-2,35-10-3)36-11-4)33(30-31)25-27-41(40)26-20-29-43(37-12-5,38-13-6)39-14-7;1-3-6-8(5)7-4-2/h31-33H,8-30H2,1-7H3;3-4H2,1-2H3. The Hall–Kier alpha value is 0.381. The fourth-order valence-corrected chi connectivity index (χ4v) is 15.1. The molecule has 0 N–H and O–H groups in total. The third kappa shape index (κ3) is 24.5. The van der Waals surface area contributed by atoms with Gasteiger partial charge in [0.05, 0.1) is 13.2 Å². The summed E-state index contributed by atoms with van der Waals surface area (Å²) in [5.41, 5.74) is 0. The molecule has 0 heterocycles. The molecule has 51 heavy (non-hydrogen) atoms. The highest BCUT2D eigenvalue weighted by Gasteiger charge is 2.40. The number of hydrogen-bond donors (Lipinski definition) is 0. The van der Waals surface area contributed by atoms with Gasteiger partial charge in [0, 0.05) is 51.7 Å². The van der Waals surface area contributed by atoms with E-state index in [1.54, 1.807) is 13.8 Å². The van der Waals surface area contributed by atoms with Crippen molar-refractivity contribution >= 4 is 47.4 Å². The van der Waals surface area contributed by atoms with Crippen molar-refractivity contribution in [1.82, 2.24) is 0 Å². The minimum Gasteiger partial charge on any atom is -0.496 e. The van der Waals surface area contributed by atoms with Crippen molar-refractivity contribution in [2.45, 2.75) is 158 Å². The van der Waals surface area contributed by atoms with Crippen molar-refractivity contribution in [2.75, 3.05) is 64.4 Å². The molecule has 1 rings (SSSR count). The van der Waals surface area contributed by atoms with Gasteiger partial charge in [0.25, 0.3) is 0 Å². The maximum atomic E-state index is 10.4. The molecule has 4 atom stereocenters. The van der Waals surface area contributed by atoms with Crippen LogP contribution in [0, 0.1) is 17.8 Å². The Morgan fingerprint density at radius 2 is 1.04 bits per heavy atom. The zero-order valence-corrected chi connectivity index (χ0v) is 39.0. The molecule has 0 aromatic carbocycles.